The molecule has 1 heterocycles. The summed E-state index contributed by atoms with van der Waals surface area (Å²) in [7, 11) is 0. The molecule has 0 unspecified atom stereocenters. The molecular formula is C14H18ClN3O. The van der Waals surface area contributed by atoms with Gasteiger partial charge in [0.1, 0.15) is 5.69 Å². The van der Waals surface area contributed by atoms with Crippen molar-refractivity contribution in [3.63, 3.8) is 0 Å². The first-order valence-electron chi connectivity index (χ1n) is 6.48. The Balaban J connectivity index is 2.49. The fraction of sp³-hybridized carbons (Fsp3) is 0.429. The predicted molar refractivity (Wildman–Crippen MR) is 75.6 cm³/mol. The fourth-order valence-corrected chi connectivity index (χ4v) is 2.24. The Morgan fingerprint density at radius 2 is 2.16 bits per heavy atom. The smallest absolute Gasteiger partial charge is 0.112 e. The molecule has 102 valence electrons. The lowest BCUT2D eigenvalue weighted by atomic mass is 10.1. The van der Waals surface area contributed by atoms with Crippen molar-refractivity contribution >= 4 is 11.6 Å². The fourth-order valence-electron chi connectivity index (χ4n) is 2.07. The van der Waals surface area contributed by atoms with E-state index in [9.17, 15) is 5.11 Å². The van der Waals surface area contributed by atoms with Crippen LogP contribution in [0, 0.1) is 6.92 Å². The SMILES string of the molecule is CCCCc1c(CO)nnn1-c1cccc(Cl)c1C. The van der Waals surface area contributed by atoms with Crippen molar-refractivity contribution < 1.29 is 5.11 Å². The molecule has 1 aromatic carbocycles. The third-order valence-corrected chi connectivity index (χ3v) is 3.64. The average molecular weight is 280 g/mol. The second kappa shape index (κ2) is 6.17. The van der Waals surface area contributed by atoms with Gasteiger partial charge in [-0.3, -0.25) is 0 Å². The summed E-state index contributed by atoms with van der Waals surface area (Å²) in [4.78, 5) is 0. The number of aliphatic hydroxyl groups excluding tert-OH is 1. The molecule has 1 aromatic heterocycles. The third-order valence-electron chi connectivity index (χ3n) is 3.23. The molecule has 0 saturated heterocycles. The largest absolute Gasteiger partial charge is 0.390 e. The minimum absolute atomic E-state index is 0.0847. The van der Waals surface area contributed by atoms with Gasteiger partial charge in [-0.25, -0.2) is 4.68 Å². The van der Waals surface area contributed by atoms with E-state index in [1.807, 2.05) is 25.1 Å². The number of aromatic nitrogens is 3. The molecule has 1 N–H and O–H groups in total. The molecule has 0 fully saturated rings. The Hall–Kier alpha value is -1.39. The van der Waals surface area contributed by atoms with Crippen LogP contribution in [0.1, 0.15) is 36.7 Å². The molecule has 5 heteroatoms. The van der Waals surface area contributed by atoms with E-state index in [1.54, 1.807) is 4.68 Å². The summed E-state index contributed by atoms with van der Waals surface area (Å²) in [5.74, 6) is 0. The van der Waals surface area contributed by atoms with Gasteiger partial charge < -0.3 is 5.11 Å². The van der Waals surface area contributed by atoms with Crippen LogP contribution in [0.2, 0.25) is 5.02 Å². The molecule has 0 saturated carbocycles. The summed E-state index contributed by atoms with van der Waals surface area (Å²) < 4.78 is 1.79. The number of hydrogen-bond donors (Lipinski definition) is 1. The van der Waals surface area contributed by atoms with Gasteiger partial charge in [0.15, 0.2) is 0 Å². The molecule has 0 aliphatic rings. The van der Waals surface area contributed by atoms with Crippen molar-refractivity contribution in [2.24, 2.45) is 0 Å². The summed E-state index contributed by atoms with van der Waals surface area (Å²) in [5.41, 5.74) is 3.50. The minimum Gasteiger partial charge on any atom is -0.390 e. The maximum absolute atomic E-state index is 9.36. The molecule has 0 radical (unpaired) electrons. The van der Waals surface area contributed by atoms with Crippen molar-refractivity contribution in [1.29, 1.82) is 0 Å². The van der Waals surface area contributed by atoms with Crippen molar-refractivity contribution in [3.8, 4) is 5.69 Å². The van der Waals surface area contributed by atoms with Gasteiger partial charge in [0.25, 0.3) is 0 Å². The lowest BCUT2D eigenvalue weighted by molar-refractivity contribution is 0.275. The van der Waals surface area contributed by atoms with Crippen LogP contribution in [0.4, 0.5) is 0 Å². The highest BCUT2D eigenvalue weighted by molar-refractivity contribution is 6.31. The van der Waals surface area contributed by atoms with Gasteiger partial charge in [0, 0.05) is 5.02 Å². The van der Waals surface area contributed by atoms with Gasteiger partial charge in [-0.1, -0.05) is 36.2 Å². The Morgan fingerprint density at radius 1 is 1.37 bits per heavy atom. The summed E-state index contributed by atoms with van der Waals surface area (Å²) >= 11 is 6.15. The molecule has 0 amide bonds. The van der Waals surface area contributed by atoms with E-state index in [1.165, 1.54) is 0 Å². The summed E-state index contributed by atoms with van der Waals surface area (Å²) in [6, 6.07) is 5.72. The molecular weight excluding hydrogens is 262 g/mol. The van der Waals surface area contributed by atoms with Gasteiger partial charge in [0.2, 0.25) is 0 Å². The highest BCUT2D eigenvalue weighted by Gasteiger charge is 2.15. The van der Waals surface area contributed by atoms with E-state index in [0.29, 0.717) is 10.7 Å². The van der Waals surface area contributed by atoms with Crippen molar-refractivity contribution in [2.45, 2.75) is 39.7 Å². The molecule has 0 spiro atoms. The van der Waals surface area contributed by atoms with Crippen LogP contribution in [0.15, 0.2) is 18.2 Å². The Morgan fingerprint density at radius 3 is 2.84 bits per heavy atom. The summed E-state index contributed by atoms with van der Waals surface area (Å²) in [6.07, 6.45) is 2.98. The summed E-state index contributed by atoms with van der Waals surface area (Å²) in [6.45, 7) is 4.01. The van der Waals surface area contributed by atoms with Crippen LogP contribution in [0.3, 0.4) is 0 Å². The van der Waals surface area contributed by atoms with Crippen LogP contribution in [-0.2, 0) is 13.0 Å². The molecule has 0 aliphatic heterocycles. The molecule has 0 aliphatic carbocycles. The molecule has 4 nitrogen and oxygen atoms in total. The van der Waals surface area contributed by atoms with Crippen LogP contribution in [0.25, 0.3) is 5.69 Å². The number of unbranched alkanes of at least 4 members (excludes halogenated alkanes) is 1. The van der Waals surface area contributed by atoms with Crippen LogP contribution in [0.5, 0.6) is 0 Å². The Bertz CT molecular complexity index is 566. The van der Waals surface area contributed by atoms with Crippen molar-refractivity contribution in [1.82, 2.24) is 15.0 Å². The zero-order valence-electron chi connectivity index (χ0n) is 11.2. The standard InChI is InChI=1S/C14H18ClN3O/c1-3-4-7-14-12(9-19)16-17-18(14)13-8-5-6-11(15)10(13)2/h5-6,8,19H,3-4,7,9H2,1-2H3. The monoisotopic (exact) mass is 279 g/mol. The van der Waals surface area contributed by atoms with Gasteiger partial charge in [0.05, 0.1) is 18.0 Å². The van der Waals surface area contributed by atoms with E-state index in [2.05, 4.69) is 17.2 Å². The maximum Gasteiger partial charge on any atom is 0.112 e. The average Bonchev–Trinajstić information content (AvgIpc) is 2.82. The lowest BCUT2D eigenvalue weighted by Crippen LogP contribution is -2.06. The molecule has 2 rings (SSSR count). The number of nitrogens with zero attached hydrogens (tertiary/aromatic N) is 3. The number of hydrogen-bond acceptors (Lipinski definition) is 3. The summed E-state index contributed by atoms with van der Waals surface area (Å²) in [5, 5.41) is 18.3. The quantitative estimate of drug-likeness (QED) is 0.915. The van der Waals surface area contributed by atoms with E-state index < -0.39 is 0 Å². The van der Waals surface area contributed by atoms with Gasteiger partial charge in [-0.15, -0.1) is 5.10 Å². The van der Waals surface area contributed by atoms with Gasteiger partial charge >= 0.3 is 0 Å². The third kappa shape index (κ3) is 2.80. The van der Waals surface area contributed by atoms with Crippen molar-refractivity contribution in [2.75, 3.05) is 0 Å². The van der Waals surface area contributed by atoms with E-state index in [4.69, 9.17) is 11.6 Å². The predicted octanol–water partition coefficient (Wildman–Crippen LogP) is 3.06. The van der Waals surface area contributed by atoms with Gasteiger partial charge in [-0.05, 0) is 37.5 Å². The van der Waals surface area contributed by atoms with Crippen LogP contribution >= 0.6 is 11.6 Å². The van der Waals surface area contributed by atoms with Crippen LogP contribution in [-0.4, -0.2) is 20.1 Å². The topological polar surface area (TPSA) is 50.9 Å². The molecule has 0 bridgehead atoms. The number of benzene rings is 1. The van der Waals surface area contributed by atoms with E-state index in [0.717, 1.165) is 36.2 Å². The zero-order chi connectivity index (χ0) is 13.8. The first kappa shape index (κ1) is 14.0. The normalized spacial score (nSPS) is 10.9. The Kier molecular flexibility index (Phi) is 4.56. The van der Waals surface area contributed by atoms with Crippen LogP contribution < -0.4 is 0 Å². The van der Waals surface area contributed by atoms with E-state index in [-0.39, 0.29) is 6.61 Å². The minimum atomic E-state index is -0.0847. The molecule has 0 atom stereocenters. The second-order valence-corrected chi connectivity index (χ2v) is 4.95. The number of aliphatic hydroxyl groups is 1. The number of rotatable bonds is 5. The second-order valence-electron chi connectivity index (χ2n) is 4.54. The Labute approximate surface area is 118 Å². The highest BCUT2D eigenvalue weighted by Crippen LogP contribution is 2.24. The van der Waals surface area contributed by atoms with E-state index >= 15 is 0 Å². The van der Waals surface area contributed by atoms with Gasteiger partial charge in [-0.2, -0.15) is 0 Å². The van der Waals surface area contributed by atoms with Crippen molar-refractivity contribution in [3.05, 3.63) is 40.2 Å². The number of halogens is 1. The maximum atomic E-state index is 9.36. The molecule has 2 aromatic rings. The first-order valence-corrected chi connectivity index (χ1v) is 6.86. The highest BCUT2D eigenvalue weighted by atomic mass is 35.5. The zero-order valence-corrected chi connectivity index (χ0v) is 12.0. The first-order chi connectivity index (χ1) is 9.19. The molecule has 19 heavy (non-hydrogen) atoms. The lowest BCUT2D eigenvalue weighted by Gasteiger charge is -2.10.